The van der Waals surface area contributed by atoms with Gasteiger partial charge in [-0.1, -0.05) is 6.92 Å². The smallest absolute Gasteiger partial charge is 0.346 e. The maximum atomic E-state index is 11.0. The fraction of sp³-hybridized carbons (Fsp3) is 0.300. The van der Waals surface area contributed by atoms with Crippen molar-refractivity contribution in [3.63, 3.8) is 0 Å². The molecule has 0 saturated heterocycles. The number of hydrogen-bond acceptors (Lipinski definition) is 3. The standard InChI is InChI=1S/C10H9BrO2S2/c1-3-5-6(11)9-7(14-5)4(2)8(15-9)10(12)13/h3H2,1-2H3,(H,12,13). The van der Waals surface area contributed by atoms with Gasteiger partial charge in [-0.3, -0.25) is 0 Å². The highest BCUT2D eigenvalue weighted by Crippen LogP contribution is 2.43. The predicted molar refractivity (Wildman–Crippen MR) is 68.5 cm³/mol. The quantitative estimate of drug-likeness (QED) is 0.898. The molecule has 0 atom stereocenters. The summed E-state index contributed by atoms with van der Waals surface area (Å²) in [5.74, 6) is -0.828. The average molecular weight is 305 g/mol. The summed E-state index contributed by atoms with van der Waals surface area (Å²) in [7, 11) is 0. The summed E-state index contributed by atoms with van der Waals surface area (Å²) in [5.41, 5.74) is 0.896. The van der Waals surface area contributed by atoms with E-state index in [2.05, 4.69) is 22.9 Å². The molecule has 0 fully saturated rings. The lowest BCUT2D eigenvalue weighted by Crippen LogP contribution is -1.93. The molecule has 2 aromatic heterocycles. The lowest BCUT2D eigenvalue weighted by Gasteiger charge is -1.91. The van der Waals surface area contributed by atoms with Crippen molar-refractivity contribution >= 4 is 54.0 Å². The van der Waals surface area contributed by atoms with Gasteiger partial charge < -0.3 is 5.11 Å². The van der Waals surface area contributed by atoms with Crippen LogP contribution in [0.2, 0.25) is 0 Å². The molecule has 0 bridgehead atoms. The minimum Gasteiger partial charge on any atom is -0.477 e. The zero-order valence-electron chi connectivity index (χ0n) is 8.26. The Hall–Kier alpha value is -0.390. The van der Waals surface area contributed by atoms with Gasteiger partial charge in [0.1, 0.15) is 4.88 Å². The molecule has 0 radical (unpaired) electrons. The number of carboxylic acid groups (broad SMARTS) is 1. The van der Waals surface area contributed by atoms with E-state index in [-0.39, 0.29) is 0 Å². The molecule has 0 aliphatic heterocycles. The Balaban J connectivity index is 2.76. The van der Waals surface area contributed by atoms with Crippen LogP contribution >= 0.6 is 38.6 Å². The van der Waals surface area contributed by atoms with E-state index in [9.17, 15) is 4.79 Å². The molecule has 1 N–H and O–H groups in total. The van der Waals surface area contributed by atoms with E-state index in [1.165, 1.54) is 16.2 Å². The number of carbonyl (C=O) groups is 1. The number of thiophene rings is 2. The highest BCUT2D eigenvalue weighted by atomic mass is 79.9. The average Bonchev–Trinajstić information content (AvgIpc) is 2.66. The van der Waals surface area contributed by atoms with Crippen molar-refractivity contribution in [3.8, 4) is 0 Å². The number of carboxylic acids is 1. The molecule has 0 unspecified atom stereocenters. The number of fused-ring (bicyclic) bond motifs is 1. The fourth-order valence-electron chi connectivity index (χ4n) is 1.49. The molecular formula is C10H9BrO2S2. The molecule has 2 nitrogen and oxygen atoms in total. The van der Waals surface area contributed by atoms with Crippen molar-refractivity contribution in [2.75, 3.05) is 0 Å². The van der Waals surface area contributed by atoms with Crippen LogP contribution in [0.15, 0.2) is 4.47 Å². The summed E-state index contributed by atoms with van der Waals surface area (Å²) in [5, 5.41) is 9.00. The van der Waals surface area contributed by atoms with Crippen molar-refractivity contribution < 1.29 is 9.90 Å². The molecule has 5 heteroatoms. The highest BCUT2D eigenvalue weighted by Gasteiger charge is 2.19. The van der Waals surface area contributed by atoms with Crippen LogP contribution in [0.25, 0.3) is 9.40 Å². The van der Waals surface area contributed by atoms with Crippen molar-refractivity contribution in [1.29, 1.82) is 0 Å². The van der Waals surface area contributed by atoms with Crippen LogP contribution in [0.5, 0.6) is 0 Å². The van der Waals surface area contributed by atoms with Gasteiger partial charge in [0.2, 0.25) is 0 Å². The van der Waals surface area contributed by atoms with Crippen molar-refractivity contribution in [3.05, 3.63) is 19.8 Å². The van der Waals surface area contributed by atoms with E-state index in [1.54, 1.807) is 11.3 Å². The molecule has 0 aliphatic carbocycles. The molecule has 0 saturated carbocycles. The Morgan fingerprint density at radius 1 is 1.40 bits per heavy atom. The Morgan fingerprint density at radius 2 is 2.07 bits per heavy atom. The van der Waals surface area contributed by atoms with Gasteiger partial charge in [-0.2, -0.15) is 0 Å². The van der Waals surface area contributed by atoms with Gasteiger partial charge >= 0.3 is 5.97 Å². The molecule has 80 valence electrons. The van der Waals surface area contributed by atoms with Crippen LogP contribution in [0.3, 0.4) is 0 Å². The van der Waals surface area contributed by atoms with Gasteiger partial charge in [0.05, 0.1) is 9.40 Å². The maximum absolute atomic E-state index is 11.0. The molecule has 15 heavy (non-hydrogen) atoms. The lowest BCUT2D eigenvalue weighted by atomic mass is 10.3. The first-order valence-electron chi connectivity index (χ1n) is 4.49. The van der Waals surface area contributed by atoms with Crippen LogP contribution in [0, 0.1) is 6.92 Å². The fourth-order valence-corrected chi connectivity index (χ4v) is 5.00. The zero-order valence-corrected chi connectivity index (χ0v) is 11.5. The van der Waals surface area contributed by atoms with E-state index in [0.717, 1.165) is 25.9 Å². The molecular weight excluding hydrogens is 296 g/mol. The van der Waals surface area contributed by atoms with Crippen LogP contribution < -0.4 is 0 Å². The van der Waals surface area contributed by atoms with Crippen LogP contribution in [-0.4, -0.2) is 11.1 Å². The Kier molecular flexibility index (Phi) is 2.87. The van der Waals surface area contributed by atoms with E-state index in [1.807, 2.05) is 6.92 Å². The minimum absolute atomic E-state index is 0.458. The van der Waals surface area contributed by atoms with Gasteiger partial charge in [0, 0.05) is 9.35 Å². The van der Waals surface area contributed by atoms with Gasteiger partial charge in [-0.15, -0.1) is 22.7 Å². The third kappa shape index (κ3) is 1.62. The normalized spacial score (nSPS) is 11.1. The lowest BCUT2D eigenvalue weighted by molar-refractivity contribution is 0.0701. The summed E-state index contributed by atoms with van der Waals surface area (Å²) in [6.45, 7) is 3.98. The van der Waals surface area contributed by atoms with Gasteiger partial charge in [0.15, 0.2) is 0 Å². The zero-order chi connectivity index (χ0) is 11.2. The van der Waals surface area contributed by atoms with E-state index >= 15 is 0 Å². The number of aryl methyl sites for hydroxylation is 2. The van der Waals surface area contributed by atoms with Crippen molar-refractivity contribution in [1.82, 2.24) is 0 Å². The highest BCUT2D eigenvalue weighted by molar-refractivity contribution is 9.10. The second kappa shape index (κ2) is 3.88. The monoisotopic (exact) mass is 304 g/mol. The van der Waals surface area contributed by atoms with Gasteiger partial charge in [-0.05, 0) is 34.8 Å². The Labute approximate surface area is 104 Å². The van der Waals surface area contributed by atoms with Gasteiger partial charge in [0.25, 0.3) is 0 Å². The molecule has 0 aliphatic rings. The molecule has 0 spiro atoms. The van der Waals surface area contributed by atoms with Crippen molar-refractivity contribution in [2.24, 2.45) is 0 Å². The Morgan fingerprint density at radius 3 is 2.53 bits per heavy atom. The summed E-state index contributed by atoms with van der Waals surface area (Å²) in [6, 6.07) is 0. The number of aromatic carboxylic acids is 1. The predicted octanol–water partition coefficient (Wildman–Crippen LogP) is 4.29. The number of halogens is 1. The second-order valence-corrected chi connectivity index (χ2v) is 6.13. The molecule has 2 aromatic rings. The summed E-state index contributed by atoms with van der Waals surface area (Å²) in [4.78, 5) is 12.7. The van der Waals surface area contributed by atoms with E-state index in [4.69, 9.17) is 5.11 Å². The number of hydrogen-bond donors (Lipinski definition) is 1. The summed E-state index contributed by atoms with van der Waals surface area (Å²) in [6.07, 6.45) is 0.981. The van der Waals surface area contributed by atoms with Gasteiger partial charge in [-0.25, -0.2) is 4.79 Å². The summed E-state index contributed by atoms with van der Waals surface area (Å²) >= 11 is 6.58. The number of rotatable bonds is 2. The third-order valence-corrected chi connectivity index (χ3v) is 6.56. The second-order valence-electron chi connectivity index (χ2n) is 3.21. The van der Waals surface area contributed by atoms with Crippen molar-refractivity contribution in [2.45, 2.75) is 20.3 Å². The first-order chi connectivity index (χ1) is 7.06. The maximum Gasteiger partial charge on any atom is 0.346 e. The van der Waals surface area contributed by atoms with E-state index < -0.39 is 5.97 Å². The SMILES string of the molecule is CCc1sc2c(C)c(C(=O)O)sc2c1Br. The first-order valence-corrected chi connectivity index (χ1v) is 6.92. The first kappa shape index (κ1) is 11.1. The van der Waals surface area contributed by atoms with Crippen LogP contribution in [0.4, 0.5) is 0 Å². The largest absolute Gasteiger partial charge is 0.477 e. The van der Waals surface area contributed by atoms with Crippen LogP contribution in [-0.2, 0) is 6.42 Å². The summed E-state index contributed by atoms with van der Waals surface area (Å²) < 4.78 is 3.26. The van der Waals surface area contributed by atoms with Crippen LogP contribution in [0.1, 0.15) is 27.0 Å². The molecule has 0 aromatic carbocycles. The molecule has 2 heterocycles. The Bertz CT molecular complexity index is 539. The third-order valence-electron chi connectivity index (χ3n) is 2.28. The van der Waals surface area contributed by atoms with E-state index in [0.29, 0.717) is 4.88 Å². The molecule has 2 rings (SSSR count). The minimum atomic E-state index is -0.828. The molecule has 0 amide bonds. The topological polar surface area (TPSA) is 37.3 Å².